The van der Waals surface area contributed by atoms with Crippen LogP contribution in [0.25, 0.3) is 5.57 Å². The smallest absolute Gasteiger partial charge is 0.0422 e. The summed E-state index contributed by atoms with van der Waals surface area (Å²) in [6.45, 7) is 0. The van der Waals surface area contributed by atoms with Crippen LogP contribution in [0.2, 0.25) is 0 Å². The van der Waals surface area contributed by atoms with E-state index in [1.165, 1.54) is 22.3 Å². The predicted molar refractivity (Wildman–Crippen MR) is 90.5 cm³/mol. The zero-order chi connectivity index (χ0) is 14.8. The average Bonchev–Trinajstić information content (AvgIpc) is 2.94. The van der Waals surface area contributed by atoms with Crippen LogP contribution in [0, 0.1) is 6.42 Å². The summed E-state index contributed by atoms with van der Waals surface area (Å²) in [5.41, 5.74) is 8.38. The molecular weight excluding hydrogens is 258 g/mol. The highest BCUT2D eigenvalue weighted by atomic mass is 14.9. The van der Waals surface area contributed by atoms with E-state index in [1.807, 2.05) is 27.2 Å². The third kappa shape index (κ3) is 2.15. The molecule has 0 saturated carbocycles. The number of rotatable bonds is 4. The summed E-state index contributed by atoms with van der Waals surface area (Å²) in [5.74, 6) is 0. The van der Waals surface area contributed by atoms with E-state index < -0.39 is 0 Å². The second kappa shape index (κ2) is 5.52. The fraction of sp³-hybridized carbons (Fsp3) is 0.167. The van der Waals surface area contributed by atoms with Crippen LogP contribution < -0.4 is 16.0 Å². The number of nitrogens with one attached hydrogen (secondary N) is 3. The normalized spacial score (nSPS) is 13.1. The molecule has 0 fully saturated rings. The maximum atomic E-state index is 3.33. The first-order chi connectivity index (χ1) is 10.3. The fourth-order valence-corrected chi connectivity index (χ4v) is 2.92. The number of hydrogen-bond donors (Lipinski definition) is 3. The van der Waals surface area contributed by atoms with Gasteiger partial charge >= 0.3 is 0 Å². The van der Waals surface area contributed by atoms with E-state index in [0.29, 0.717) is 0 Å². The van der Waals surface area contributed by atoms with Gasteiger partial charge in [0, 0.05) is 55.8 Å². The van der Waals surface area contributed by atoms with E-state index in [0.717, 1.165) is 17.1 Å². The summed E-state index contributed by atoms with van der Waals surface area (Å²) in [5, 5.41) is 9.93. The zero-order valence-corrected chi connectivity index (χ0v) is 12.6. The number of likely N-dealkylation sites (N-methyl/N-ethyl adjacent to an activating group) is 1. The second-order valence-electron chi connectivity index (χ2n) is 5.00. The van der Waals surface area contributed by atoms with E-state index in [-0.39, 0.29) is 0 Å². The van der Waals surface area contributed by atoms with Crippen molar-refractivity contribution in [2.75, 3.05) is 31.8 Å². The topological polar surface area (TPSA) is 36.1 Å². The first-order valence-corrected chi connectivity index (χ1v) is 7.15. The van der Waals surface area contributed by atoms with Crippen molar-refractivity contribution in [1.82, 2.24) is 5.32 Å². The molecule has 3 N–H and O–H groups in total. The van der Waals surface area contributed by atoms with Crippen LogP contribution in [0.5, 0.6) is 0 Å². The number of benzene rings is 2. The molecule has 2 aromatic carbocycles. The van der Waals surface area contributed by atoms with Gasteiger partial charge in [-0.2, -0.15) is 0 Å². The van der Waals surface area contributed by atoms with Gasteiger partial charge in [-0.3, -0.25) is 0 Å². The molecule has 0 amide bonds. The van der Waals surface area contributed by atoms with Gasteiger partial charge < -0.3 is 16.0 Å². The molecule has 107 valence electrons. The van der Waals surface area contributed by atoms with Crippen LogP contribution in [0.4, 0.5) is 11.4 Å². The summed E-state index contributed by atoms with van der Waals surface area (Å²) < 4.78 is 0. The Morgan fingerprint density at radius 1 is 0.714 bits per heavy atom. The van der Waals surface area contributed by atoms with Crippen LogP contribution in [0.3, 0.4) is 0 Å². The minimum absolute atomic E-state index is 1.14. The molecule has 0 aliphatic heterocycles. The highest BCUT2D eigenvalue weighted by Crippen LogP contribution is 2.44. The Bertz CT molecular complexity index is 687. The van der Waals surface area contributed by atoms with Crippen LogP contribution in [-0.4, -0.2) is 21.1 Å². The van der Waals surface area contributed by atoms with Gasteiger partial charge in [0.15, 0.2) is 0 Å². The number of fused-ring (bicyclic) bond motifs is 1. The molecule has 0 saturated heterocycles. The molecular formula is C18H20N3. The second-order valence-corrected chi connectivity index (χ2v) is 5.00. The third-order valence-corrected chi connectivity index (χ3v) is 3.92. The molecule has 3 heteroatoms. The average molecular weight is 278 g/mol. The van der Waals surface area contributed by atoms with Gasteiger partial charge in [0.2, 0.25) is 0 Å². The van der Waals surface area contributed by atoms with E-state index in [4.69, 9.17) is 0 Å². The van der Waals surface area contributed by atoms with Gasteiger partial charge in [0.25, 0.3) is 0 Å². The van der Waals surface area contributed by atoms with Gasteiger partial charge in [-0.05, 0) is 23.3 Å². The lowest BCUT2D eigenvalue weighted by Gasteiger charge is -2.15. The fourth-order valence-electron chi connectivity index (χ4n) is 2.92. The molecule has 1 radical (unpaired) electrons. The number of hydrogen-bond acceptors (Lipinski definition) is 3. The Kier molecular flexibility index (Phi) is 3.57. The van der Waals surface area contributed by atoms with Crippen molar-refractivity contribution < 1.29 is 0 Å². The van der Waals surface area contributed by atoms with Crippen molar-refractivity contribution in [2.24, 2.45) is 0 Å². The monoisotopic (exact) mass is 278 g/mol. The molecule has 1 aliphatic carbocycles. The largest absolute Gasteiger partial charge is 0.390 e. The molecule has 0 unspecified atom stereocenters. The highest BCUT2D eigenvalue weighted by molar-refractivity contribution is 5.97. The Morgan fingerprint density at radius 2 is 1.38 bits per heavy atom. The lowest BCUT2D eigenvalue weighted by atomic mass is 9.96. The van der Waals surface area contributed by atoms with Crippen molar-refractivity contribution in [3.05, 3.63) is 71.3 Å². The Balaban J connectivity index is 2.26. The summed E-state index contributed by atoms with van der Waals surface area (Å²) in [4.78, 5) is 0. The minimum Gasteiger partial charge on any atom is -0.390 e. The SMILES string of the molecule is CNC1=C(c2ccccc2)c2c(NC)ccc(NC)c2[CH]1. The van der Waals surface area contributed by atoms with Gasteiger partial charge in [-0.15, -0.1) is 0 Å². The summed E-state index contributed by atoms with van der Waals surface area (Å²) in [6.07, 6.45) is 2.21. The van der Waals surface area contributed by atoms with E-state index in [1.54, 1.807) is 0 Å². The molecule has 3 nitrogen and oxygen atoms in total. The van der Waals surface area contributed by atoms with Crippen molar-refractivity contribution in [2.45, 2.75) is 0 Å². The van der Waals surface area contributed by atoms with Crippen molar-refractivity contribution in [1.29, 1.82) is 0 Å². The first-order valence-electron chi connectivity index (χ1n) is 7.15. The maximum Gasteiger partial charge on any atom is 0.0422 e. The maximum absolute atomic E-state index is 3.33. The molecule has 2 aromatic rings. The summed E-state index contributed by atoms with van der Waals surface area (Å²) in [6, 6.07) is 14.7. The van der Waals surface area contributed by atoms with Gasteiger partial charge in [-0.1, -0.05) is 30.3 Å². The van der Waals surface area contributed by atoms with Crippen LogP contribution in [0.1, 0.15) is 16.7 Å². The molecule has 0 bridgehead atoms. The Morgan fingerprint density at radius 3 is 2.00 bits per heavy atom. The summed E-state index contributed by atoms with van der Waals surface area (Å²) in [7, 11) is 5.90. The Labute approximate surface area is 126 Å². The molecule has 1 aliphatic rings. The molecule has 0 spiro atoms. The van der Waals surface area contributed by atoms with Gasteiger partial charge in [-0.25, -0.2) is 0 Å². The third-order valence-electron chi connectivity index (χ3n) is 3.92. The molecule has 0 heterocycles. The molecule has 3 rings (SSSR count). The van der Waals surface area contributed by atoms with E-state index in [2.05, 4.69) is 58.8 Å². The molecule has 21 heavy (non-hydrogen) atoms. The first kappa shape index (κ1) is 13.6. The van der Waals surface area contributed by atoms with Crippen LogP contribution in [-0.2, 0) is 0 Å². The minimum atomic E-state index is 1.14. The summed E-state index contributed by atoms with van der Waals surface area (Å²) >= 11 is 0. The van der Waals surface area contributed by atoms with Crippen LogP contribution in [0.15, 0.2) is 48.2 Å². The quantitative estimate of drug-likeness (QED) is 0.803. The predicted octanol–water partition coefficient (Wildman–Crippen LogP) is 3.31. The standard InChI is InChI=1S/C18H20N3/c1-19-14-9-10-15(20-2)18-13(14)11-16(21-3)17(18)12-7-5-4-6-8-12/h4-11,19-21H,1-3H3. The van der Waals surface area contributed by atoms with Gasteiger partial charge in [0.05, 0.1) is 0 Å². The van der Waals surface area contributed by atoms with Crippen molar-refractivity contribution in [3.8, 4) is 0 Å². The zero-order valence-electron chi connectivity index (χ0n) is 12.6. The van der Waals surface area contributed by atoms with Crippen LogP contribution >= 0.6 is 0 Å². The van der Waals surface area contributed by atoms with Gasteiger partial charge in [0.1, 0.15) is 0 Å². The highest BCUT2D eigenvalue weighted by Gasteiger charge is 2.27. The van der Waals surface area contributed by atoms with Crippen molar-refractivity contribution in [3.63, 3.8) is 0 Å². The lowest BCUT2D eigenvalue weighted by Crippen LogP contribution is -2.06. The molecule has 0 atom stereocenters. The number of anilines is 2. The van der Waals surface area contributed by atoms with Crippen molar-refractivity contribution >= 4 is 16.9 Å². The van der Waals surface area contributed by atoms with E-state index in [9.17, 15) is 0 Å². The Hall–Kier alpha value is -2.42. The molecule has 0 aromatic heterocycles. The number of allylic oxidation sites excluding steroid dienone is 1. The lowest BCUT2D eigenvalue weighted by molar-refractivity contribution is 1.02. The van der Waals surface area contributed by atoms with E-state index >= 15 is 0 Å².